The molecule has 2 aromatic carbocycles. The quantitative estimate of drug-likeness (QED) is 0.870. The minimum atomic E-state index is -0.945. The van der Waals surface area contributed by atoms with E-state index in [1.165, 1.54) is 6.07 Å². The third-order valence-corrected chi connectivity index (χ3v) is 3.42. The molecule has 0 saturated carbocycles. The van der Waals surface area contributed by atoms with E-state index in [-0.39, 0.29) is 12.2 Å². The zero-order valence-electron chi connectivity index (χ0n) is 10.5. The van der Waals surface area contributed by atoms with E-state index < -0.39 is 17.7 Å². The monoisotopic (exact) mass is 337 g/mol. The highest BCUT2D eigenvalue weighted by atomic mass is 79.9. The molecule has 3 nitrogen and oxygen atoms in total. The average Bonchev–Trinajstić information content (AvgIpc) is 2.43. The first-order valence-electron chi connectivity index (χ1n) is 6.04. The second kappa shape index (κ2) is 6.52. The van der Waals surface area contributed by atoms with E-state index in [4.69, 9.17) is 0 Å². The molecule has 0 aliphatic rings. The molecule has 0 fully saturated rings. The lowest BCUT2D eigenvalue weighted by atomic mass is 9.99. The SMILES string of the molecule is O=C(O)C(CNc1cc(Br)ccc1F)c1ccccc1. The minimum absolute atomic E-state index is 0.118. The maximum Gasteiger partial charge on any atom is 0.312 e. The number of halogens is 2. The van der Waals surface area contributed by atoms with Gasteiger partial charge in [-0.3, -0.25) is 4.79 Å². The molecule has 2 N–H and O–H groups in total. The van der Waals surface area contributed by atoms with Gasteiger partial charge in [-0.1, -0.05) is 46.3 Å². The van der Waals surface area contributed by atoms with Gasteiger partial charge in [0.15, 0.2) is 0 Å². The van der Waals surface area contributed by atoms with E-state index in [0.29, 0.717) is 5.56 Å². The Morgan fingerprint density at radius 3 is 2.60 bits per heavy atom. The van der Waals surface area contributed by atoms with Crippen LogP contribution in [-0.2, 0) is 4.79 Å². The van der Waals surface area contributed by atoms with Crippen molar-refractivity contribution in [3.8, 4) is 0 Å². The molecule has 2 rings (SSSR count). The fourth-order valence-electron chi connectivity index (χ4n) is 1.88. The molecule has 5 heteroatoms. The number of anilines is 1. The number of rotatable bonds is 5. The summed E-state index contributed by atoms with van der Waals surface area (Å²) in [6.45, 7) is 0.118. The van der Waals surface area contributed by atoms with E-state index in [1.54, 1.807) is 36.4 Å². The highest BCUT2D eigenvalue weighted by Crippen LogP contribution is 2.22. The van der Waals surface area contributed by atoms with Gasteiger partial charge in [0.25, 0.3) is 0 Å². The normalized spacial score (nSPS) is 11.9. The smallest absolute Gasteiger partial charge is 0.312 e. The number of benzene rings is 2. The molecule has 0 spiro atoms. The standard InChI is InChI=1S/C15H13BrFNO2/c16-11-6-7-13(17)14(8-11)18-9-12(15(19)20)10-4-2-1-3-5-10/h1-8,12,18H,9H2,(H,19,20). The Hall–Kier alpha value is -1.88. The Kier molecular flexibility index (Phi) is 4.74. The maximum absolute atomic E-state index is 13.6. The van der Waals surface area contributed by atoms with Crippen LogP contribution >= 0.6 is 15.9 Å². The van der Waals surface area contributed by atoms with E-state index in [0.717, 1.165) is 4.47 Å². The Labute approximate surface area is 124 Å². The average molecular weight is 338 g/mol. The second-order valence-electron chi connectivity index (χ2n) is 4.31. The summed E-state index contributed by atoms with van der Waals surface area (Å²) < 4.78 is 14.3. The number of carboxylic acid groups (broad SMARTS) is 1. The lowest BCUT2D eigenvalue weighted by Gasteiger charge is -2.15. The molecule has 0 aromatic heterocycles. The summed E-state index contributed by atoms with van der Waals surface area (Å²) in [6, 6.07) is 13.4. The van der Waals surface area contributed by atoms with Crippen LogP contribution in [0.3, 0.4) is 0 Å². The zero-order chi connectivity index (χ0) is 14.5. The molecule has 1 unspecified atom stereocenters. The van der Waals surface area contributed by atoms with Gasteiger partial charge in [-0.2, -0.15) is 0 Å². The van der Waals surface area contributed by atoms with Crippen molar-refractivity contribution < 1.29 is 14.3 Å². The third-order valence-electron chi connectivity index (χ3n) is 2.93. The highest BCUT2D eigenvalue weighted by molar-refractivity contribution is 9.10. The summed E-state index contributed by atoms with van der Waals surface area (Å²) in [5.41, 5.74) is 0.962. The predicted molar refractivity (Wildman–Crippen MR) is 79.4 cm³/mol. The maximum atomic E-state index is 13.6. The molecule has 0 bridgehead atoms. The van der Waals surface area contributed by atoms with Crippen molar-refractivity contribution in [1.82, 2.24) is 0 Å². The number of nitrogens with one attached hydrogen (secondary N) is 1. The van der Waals surface area contributed by atoms with Crippen molar-refractivity contribution >= 4 is 27.6 Å². The Morgan fingerprint density at radius 2 is 1.95 bits per heavy atom. The molecule has 0 amide bonds. The van der Waals surface area contributed by atoms with Gasteiger partial charge in [-0.05, 0) is 23.8 Å². The summed E-state index contributed by atoms with van der Waals surface area (Å²) >= 11 is 3.25. The summed E-state index contributed by atoms with van der Waals surface area (Å²) in [5.74, 6) is -2.08. The van der Waals surface area contributed by atoms with Crippen LogP contribution in [0.4, 0.5) is 10.1 Å². The van der Waals surface area contributed by atoms with Crippen molar-refractivity contribution in [2.75, 3.05) is 11.9 Å². The van der Waals surface area contributed by atoms with Gasteiger partial charge in [0.1, 0.15) is 5.82 Å². The number of hydrogen-bond acceptors (Lipinski definition) is 2. The summed E-state index contributed by atoms with van der Waals surface area (Å²) in [5, 5.41) is 12.1. The first kappa shape index (κ1) is 14.5. The Morgan fingerprint density at radius 1 is 1.25 bits per heavy atom. The molecule has 0 radical (unpaired) electrons. The lowest BCUT2D eigenvalue weighted by molar-refractivity contribution is -0.138. The fourth-order valence-corrected chi connectivity index (χ4v) is 2.24. The molecule has 1 atom stereocenters. The number of aliphatic carboxylic acids is 1. The third kappa shape index (κ3) is 3.57. The highest BCUT2D eigenvalue weighted by Gasteiger charge is 2.19. The molecule has 20 heavy (non-hydrogen) atoms. The van der Waals surface area contributed by atoms with E-state index in [9.17, 15) is 14.3 Å². The van der Waals surface area contributed by atoms with Gasteiger partial charge < -0.3 is 10.4 Å². The zero-order valence-corrected chi connectivity index (χ0v) is 12.1. The topological polar surface area (TPSA) is 49.3 Å². The Bertz CT molecular complexity index is 604. The van der Waals surface area contributed by atoms with E-state index >= 15 is 0 Å². The van der Waals surface area contributed by atoms with Crippen LogP contribution < -0.4 is 5.32 Å². The van der Waals surface area contributed by atoms with Gasteiger partial charge in [0.05, 0.1) is 11.6 Å². The molecule has 104 valence electrons. The molecule has 0 saturated heterocycles. The van der Waals surface area contributed by atoms with Gasteiger partial charge in [-0.25, -0.2) is 4.39 Å². The van der Waals surface area contributed by atoms with Crippen molar-refractivity contribution in [2.24, 2.45) is 0 Å². The summed E-state index contributed by atoms with van der Waals surface area (Å²) in [7, 11) is 0. The predicted octanol–water partition coefficient (Wildman–Crippen LogP) is 3.87. The number of carboxylic acids is 1. The van der Waals surface area contributed by atoms with Crippen molar-refractivity contribution in [3.05, 3.63) is 64.4 Å². The minimum Gasteiger partial charge on any atom is -0.481 e. The molecule has 0 aliphatic heterocycles. The molecule has 0 heterocycles. The van der Waals surface area contributed by atoms with E-state index in [1.807, 2.05) is 6.07 Å². The van der Waals surface area contributed by atoms with Crippen LogP contribution in [-0.4, -0.2) is 17.6 Å². The van der Waals surface area contributed by atoms with E-state index in [2.05, 4.69) is 21.2 Å². The lowest BCUT2D eigenvalue weighted by Crippen LogP contribution is -2.21. The van der Waals surface area contributed by atoms with Gasteiger partial charge in [0.2, 0.25) is 0 Å². The fraction of sp³-hybridized carbons (Fsp3) is 0.133. The summed E-state index contributed by atoms with van der Waals surface area (Å²) in [4.78, 5) is 11.3. The van der Waals surface area contributed by atoms with Crippen LogP contribution in [0.5, 0.6) is 0 Å². The molecular weight excluding hydrogens is 325 g/mol. The largest absolute Gasteiger partial charge is 0.481 e. The Balaban J connectivity index is 2.14. The van der Waals surface area contributed by atoms with Crippen molar-refractivity contribution in [1.29, 1.82) is 0 Å². The van der Waals surface area contributed by atoms with Crippen LogP contribution in [0.2, 0.25) is 0 Å². The molecule has 0 aliphatic carbocycles. The number of carbonyl (C=O) groups is 1. The number of hydrogen-bond donors (Lipinski definition) is 2. The van der Waals surface area contributed by atoms with Gasteiger partial charge in [0, 0.05) is 11.0 Å². The van der Waals surface area contributed by atoms with Gasteiger partial charge in [-0.15, -0.1) is 0 Å². The molecule has 2 aromatic rings. The first-order valence-corrected chi connectivity index (χ1v) is 6.84. The first-order chi connectivity index (χ1) is 9.58. The van der Waals surface area contributed by atoms with Crippen molar-refractivity contribution in [3.63, 3.8) is 0 Å². The summed E-state index contributed by atoms with van der Waals surface area (Å²) in [6.07, 6.45) is 0. The van der Waals surface area contributed by atoms with Crippen LogP contribution in [0.1, 0.15) is 11.5 Å². The second-order valence-corrected chi connectivity index (χ2v) is 5.22. The van der Waals surface area contributed by atoms with Crippen LogP contribution in [0.25, 0.3) is 0 Å². The van der Waals surface area contributed by atoms with Crippen LogP contribution in [0, 0.1) is 5.82 Å². The van der Waals surface area contributed by atoms with Crippen LogP contribution in [0.15, 0.2) is 53.0 Å². The van der Waals surface area contributed by atoms with Crippen molar-refractivity contribution in [2.45, 2.75) is 5.92 Å². The van der Waals surface area contributed by atoms with Gasteiger partial charge >= 0.3 is 5.97 Å². The molecular formula is C15H13BrFNO2.